The molecule has 1 aromatic carbocycles. The minimum absolute atomic E-state index is 0.245. The van der Waals surface area contributed by atoms with Crippen molar-refractivity contribution < 1.29 is 9.53 Å². The second-order valence-electron chi connectivity index (χ2n) is 3.94. The summed E-state index contributed by atoms with van der Waals surface area (Å²) in [5, 5.41) is 9.00. The van der Waals surface area contributed by atoms with E-state index in [2.05, 4.69) is 22.0 Å². The number of ether oxygens (including phenoxy) is 1. The van der Waals surface area contributed by atoms with Gasteiger partial charge < -0.3 is 4.74 Å². The number of methoxy groups -OCH3 is 1. The third kappa shape index (κ3) is 1.94. The molecule has 0 aliphatic heterocycles. The first-order valence-electron chi connectivity index (χ1n) is 4.99. The summed E-state index contributed by atoms with van der Waals surface area (Å²) in [7, 11) is 1.32. The zero-order valence-electron chi connectivity index (χ0n) is 9.04. The van der Waals surface area contributed by atoms with Crippen molar-refractivity contribution in [1.82, 2.24) is 0 Å². The second kappa shape index (κ2) is 4.32. The van der Waals surface area contributed by atoms with Gasteiger partial charge in [0.05, 0.1) is 24.1 Å². The van der Waals surface area contributed by atoms with E-state index in [9.17, 15) is 10.1 Å². The monoisotopic (exact) mass is 313 g/mol. The van der Waals surface area contributed by atoms with Crippen LogP contribution in [0.3, 0.4) is 0 Å². The van der Waals surface area contributed by atoms with Crippen LogP contribution < -0.4 is 0 Å². The molecule has 3 nitrogen and oxygen atoms in total. The van der Waals surface area contributed by atoms with E-state index in [0.29, 0.717) is 17.5 Å². The number of hydrogen-bond acceptors (Lipinski definition) is 3. The summed E-state index contributed by atoms with van der Waals surface area (Å²) in [5.41, 5.74) is 0.288. The Balaban J connectivity index is 2.57. The molecule has 2 rings (SSSR count). The first-order valence-corrected chi connectivity index (χ1v) is 6.22. The fourth-order valence-electron chi connectivity index (χ4n) is 1.85. The lowest BCUT2D eigenvalue weighted by molar-refractivity contribution is 0.0599. The van der Waals surface area contributed by atoms with Crippen LogP contribution in [0.5, 0.6) is 0 Å². The minimum Gasteiger partial charge on any atom is -0.465 e. The molecule has 0 N–H and O–H groups in total. The lowest BCUT2D eigenvalue weighted by Crippen LogP contribution is -2.15. The maximum atomic E-state index is 11.7. The van der Waals surface area contributed by atoms with Gasteiger partial charge in [0.15, 0.2) is 0 Å². The number of benzene rings is 1. The van der Waals surface area contributed by atoms with Gasteiger partial charge in [0.25, 0.3) is 0 Å². The average Bonchev–Trinajstić information content (AvgIpc) is 3.00. The number of hydrogen-bond donors (Lipinski definition) is 0. The maximum absolute atomic E-state index is 11.7. The molecule has 0 spiro atoms. The second-order valence-corrected chi connectivity index (χ2v) is 5.38. The highest BCUT2D eigenvalue weighted by Crippen LogP contribution is 2.53. The Labute approximate surface area is 112 Å². The number of carbonyl (C=O) groups excluding carboxylic acids is 1. The molecule has 17 heavy (non-hydrogen) atoms. The molecule has 0 aromatic heterocycles. The van der Waals surface area contributed by atoms with E-state index in [1.807, 2.05) is 0 Å². The normalized spacial score (nSPS) is 26.1. The van der Waals surface area contributed by atoms with E-state index in [1.165, 1.54) is 7.11 Å². The molecule has 1 aromatic rings. The Bertz CT molecular complexity index is 526. The Hall–Kier alpha value is -1.05. The molecule has 88 valence electrons. The maximum Gasteiger partial charge on any atom is 0.338 e. The highest BCUT2D eigenvalue weighted by Gasteiger charge is 2.57. The third-order valence-electron chi connectivity index (χ3n) is 2.94. The molecule has 0 heterocycles. The summed E-state index contributed by atoms with van der Waals surface area (Å²) < 4.78 is 5.52. The van der Waals surface area contributed by atoms with E-state index >= 15 is 0 Å². The van der Waals surface area contributed by atoms with Gasteiger partial charge in [-0.2, -0.15) is 5.26 Å². The van der Waals surface area contributed by atoms with E-state index in [4.69, 9.17) is 16.3 Å². The molecule has 1 fully saturated rings. The smallest absolute Gasteiger partial charge is 0.338 e. The summed E-state index contributed by atoms with van der Waals surface area (Å²) in [4.78, 5) is 11.7. The zero-order chi connectivity index (χ0) is 12.6. The van der Waals surface area contributed by atoms with Crippen LogP contribution in [0.1, 0.15) is 22.3 Å². The zero-order valence-corrected chi connectivity index (χ0v) is 11.4. The number of esters is 1. The highest BCUT2D eigenvalue weighted by molar-refractivity contribution is 9.10. The number of rotatable bonds is 2. The van der Waals surface area contributed by atoms with Crippen molar-refractivity contribution >= 4 is 33.5 Å². The number of nitriles is 1. The lowest BCUT2D eigenvalue weighted by Gasteiger charge is -2.12. The van der Waals surface area contributed by atoms with Gasteiger partial charge in [-0.3, -0.25) is 0 Å². The standard InChI is InChI=1S/C12H9BrClNO2/c1-17-11(16)8-3-2-7(13)4-9(8)12(6-15)5-10(12)14/h2-4,10H,5H2,1H3. The fraction of sp³-hybridized carbons (Fsp3) is 0.333. The van der Waals surface area contributed by atoms with Gasteiger partial charge in [0.1, 0.15) is 5.41 Å². The minimum atomic E-state index is -0.755. The molecule has 1 aliphatic carbocycles. The Morgan fingerprint density at radius 3 is 2.82 bits per heavy atom. The first-order chi connectivity index (χ1) is 8.05. The van der Waals surface area contributed by atoms with Gasteiger partial charge in [-0.25, -0.2) is 4.79 Å². The number of alkyl halides is 1. The van der Waals surface area contributed by atoms with Crippen molar-refractivity contribution in [2.24, 2.45) is 0 Å². The van der Waals surface area contributed by atoms with Gasteiger partial charge in [0, 0.05) is 4.47 Å². The first kappa shape index (κ1) is 12.4. The molecular weight excluding hydrogens is 305 g/mol. The van der Waals surface area contributed by atoms with Crippen molar-refractivity contribution in [3.8, 4) is 6.07 Å². The van der Waals surface area contributed by atoms with E-state index in [-0.39, 0.29) is 5.38 Å². The molecular formula is C12H9BrClNO2. The van der Waals surface area contributed by atoms with Crippen LogP contribution in [0.2, 0.25) is 0 Å². The van der Waals surface area contributed by atoms with Crippen molar-refractivity contribution in [1.29, 1.82) is 5.26 Å². The molecule has 0 saturated heterocycles. The highest BCUT2D eigenvalue weighted by atomic mass is 79.9. The van der Waals surface area contributed by atoms with Gasteiger partial charge >= 0.3 is 5.97 Å². The van der Waals surface area contributed by atoms with Crippen LogP contribution in [-0.4, -0.2) is 18.5 Å². The third-order valence-corrected chi connectivity index (χ3v) is 3.96. The van der Waals surface area contributed by atoms with E-state index in [0.717, 1.165) is 4.47 Å². The Morgan fingerprint density at radius 1 is 1.71 bits per heavy atom. The van der Waals surface area contributed by atoms with E-state index < -0.39 is 11.4 Å². The topological polar surface area (TPSA) is 50.1 Å². The predicted octanol–water partition coefficient (Wildman–Crippen LogP) is 3.01. The van der Waals surface area contributed by atoms with Crippen molar-refractivity contribution in [3.63, 3.8) is 0 Å². The Morgan fingerprint density at radius 2 is 2.35 bits per heavy atom. The molecule has 0 bridgehead atoms. The van der Waals surface area contributed by atoms with Crippen LogP contribution in [-0.2, 0) is 10.2 Å². The van der Waals surface area contributed by atoms with Crippen LogP contribution in [0.4, 0.5) is 0 Å². The SMILES string of the molecule is COC(=O)c1ccc(Br)cc1C1(C#N)CC1Cl. The Kier molecular flexibility index (Phi) is 3.15. The van der Waals surface area contributed by atoms with Crippen LogP contribution in [0.25, 0.3) is 0 Å². The predicted molar refractivity (Wildman–Crippen MR) is 67.0 cm³/mol. The van der Waals surface area contributed by atoms with Gasteiger partial charge in [-0.15, -0.1) is 11.6 Å². The summed E-state index contributed by atoms with van der Waals surface area (Å²) in [6.07, 6.45) is 0.561. The quantitative estimate of drug-likeness (QED) is 0.623. The fourth-order valence-corrected chi connectivity index (χ4v) is 2.62. The average molecular weight is 315 g/mol. The number of carbonyl (C=O) groups is 1. The molecule has 0 amide bonds. The van der Waals surface area contributed by atoms with E-state index in [1.54, 1.807) is 18.2 Å². The summed E-state index contributed by atoms with van der Waals surface area (Å²) in [6, 6.07) is 7.35. The van der Waals surface area contributed by atoms with Gasteiger partial charge in [-0.1, -0.05) is 15.9 Å². The number of halogens is 2. The molecule has 0 radical (unpaired) electrons. The largest absolute Gasteiger partial charge is 0.465 e. The molecule has 2 atom stereocenters. The van der Waals surface area contributed by atoms with Crippen molar-refractivity contribution in [2.75, 3.05) is 7.11 Å². The van der Waals surface area contributed by atoms with Crippen molar-refractivity contribution in [2.45, 2.75) is 17.2 Å². The molecule has 1 aliphatic rings. The van der Waals surface area contributed by atoms with Crippen LogP contribution >= 0.6 is 27.5 Å². The summed E-state index contributed by atoms with van der Waals surface area (Å²) in [5.74, 6) is -0.446. The summed E-state index contributed by atoms with van der Waals surface area (Å²) >= 11 is 9.36. The lowest BCUT2D eigenvalue weighted by atomic mass is 9.92. The molecule has 2 unspecified atom stereocenters. The van der Waals surface area contributed by atoms with Gasteiger partial charge in [0.2, 0.25) is 0 Å². The van der Waals surface area contributed by atoms with Crippen LogP contribution in [0.15, 0.2) is 22.7 Å². The van der Waals surface area contributed by atoms with Gasteiger partial charge in [-0.05, 0) is 30.2 Å². The molecule has 5 heteroatoms. The number of nitrogens with zero attached hydrogens (tertiary/aromatic N) is 1. The molecule has 1 saturated carbocycles. The summed E-state index contributed by atoms with van der Waals surface area (Å²) in [6.45, 7) is 0. The van der Waals surface area contributed by atoms with Crippen LogP contribution in [0, 0.1) is 11.3 Å². The van der Waals surface area contributed by atoms with Crippen molar-refractivity contribution in [3.05, 3.63) is 33.8 Å².